The van der Waals surface area contributed by atoms with Crippen LogP contribution in [-0.4, -0.2) is 22.4 Å². The summed E-state index contributed by atoms with van der Waals surface area (Å²) >= 11 is 0. The maximum Gasteiger partial charge on any atom is 0.0604 e. The number of aliphatic hydroxyl groups is 2. The first-order chi connectivity index (χ1) is 14.6. The van der Waals surface area contributed by atoms with Gasteiger partial charge in [-0.2, -0.15) is 0 Å². The topological polar surface area (TPSA) is 40.5 Å². The van der Waals surface area contributed by atoms with Crippen molar-refractivity contribution in [2.24, 2.45) is 50.2 Å². The summed E-state index contributed by atoms with van der Waals surface area (Å²) in [5, 5.41) is 22.2. The first kappa shape index (κ1) is 23.4. The summed E-state index contributed by atoms with van der Waals surface area (Å²) in [6.45, 7) is 19.7. The molecule has 9 atom stereocenters. The summed E-state index contributed by atoms with van der Waals surface area (Å²) in [5.41, 5.74) is 2.86. The van der Waals surface area contributed by atoms with Crippen LogP contribution in [0.4, 0.5) is 0 Å². The van der Waals surface area contributed by atoms with Gasteiger partial charge in [-0.25, -0.2) is 0 Å². The van der Waals surface area contributed by atoms with E-state index in [0.29, 0.717) is 28.6 Å². The minimum Gasteiger partial charge on any atom is -0.393 e. The second-order valence-corrected chi connectivity index (χ2v) is 15.3. The van der Waals surface area contributed by atoms with Gasteiger partial charge >= 0.3 is 0 Å². The van der Waals surface area contributed by atoms with Crippen LogP contribution in [0.5, 0.6) is 0 Å². The maximum absolute atomic E-state index is 11.3. The highest BCUT2D eigenvalue weighted by atomic mass is 16.3. The van der Waals surface area contributed by atoms with Gasteiger partial charge in [-0.15, -0.1) is 0 Å². The zero-order chi connectivity index (χ0) is 23.5. The zero-order valence-electron chi connectivity index (χ0n) is 22.2. The van der Waals surface area contributed by atoms with Crippen LogP contribution in [-0.2, 0) is 0 Å². The van der Waals surface area contributed by atoms with Gasteiger partial charge < -0.3 is 10.2 Å². The monoisotopic (exact) mass is 442 g/mol. The second-order valence-electron chi connectivity index (χ2n) is 15.3. The van der Waals surface area contributed by atoms with Crippen LogP contribution in [0.15, 0.2) is 11.6 Å². The summed E-state index contributed by atoms with van der Waals surface area (Å²) in [6, 6.07) is 0. The van der Waals surface area contributed by atoms with Crippen molar-refractivity contribution in [3.05, 3.63) is 11.6 Å². The van der Waals surface area contributed by atoms with Gasteiger partial charge in [0, 0.05) is 5.41 Å². The molecular formula is C30H50O2. The smallest absolute Gasteiger partial charge is 0.0604 e. The molecule has 4 saturated carbocycles. The minimum atomic E-state index is -0.180. The van der Waals surface area contributed by atoms with E-state index in [1.807, 2.05) is 0 Å². The van der Waals surface area contributed by atoms with Crippen molar-refractivity contribution in [3.63, 3.8) is 0 Å². The molecule has 0 spiro atoms. The molecule has 182 valence electrons. The summed E-state index contributed by atoms with van der Waals surface area (Å²) in [5.74, 6) is 1.83. The highest BCUT2D eigenvalue weighted by molar-refractivity contribution is 5.34. The van der Waals surface area contributed by atoms with E-state index >= 15 is 0 Å². The molecule has 2 nitrogen and oxygen atoms in total. The van der Waals surface area contributed by atoms with Gasteiger partial charge in [-0.3, -0.25) is 0 Å². The van der Waals surface area contributed by atoms with E-state index in [4.69, 9.17) is 0 Å². The number of allylic oxidation sites excluding steroid dienone is 2. The number of hydrogen-bond donors (Lipinski definition) is 2. The van der Waals surface area contributed by atoms with Gasteiger partial charge in [-0.1, -0.05) is 67.0 Å². The third kappa shape index (κ3) is 2.72. The minimum absolute atomic E-state index is 0.0157. The van der Waals surface area contributed by atoms with E-state index < -0.39 is 0 Å². The van der Waals surface area contributed by atoms with Crippen molar-refractivity contribution in [1.82, 2.24) is 0 Å². The number of aliphatic hydroxyl groups excluding tert-OH is 2. The molecule has 0 unspecified atom stereocenters. The van der Waals surface area contributed by atoms with Gasteiger partial charge in [0.25, 0.3) is 0 Å². The molecule has 5 aliphatic carbocycles. The highest BCUT2D eigenvalue weighted by Crippen LogP contribution is 2.75. The Bertz CT molecular complexity index is 825. The number of fused-ring (bicyclic) bond motifs is 7. The normalized spacial score (nSPS) is 56.2. The van der Waals surface area contributed by atoms with Gasteiger partial charge in [-0.05, 0) is 103 Å². The van der Waals surface area contributed by atoms with E-state index in [2.05, 4.69) is 61.5 Å². The maximum atomic E-state index is 11.3. The second kappa shape index (κ2) is 6.66. The molecule has 5 aliphatic rings. The highest BCUT2D eigenvalue weighted by Gasteiger charge is 2.68. The van der Waals surface area contributed by atoms with E-state index in [0.717, 1.165) is 19.3 Å². The average molecular weight is 443 g/mol. The van der Waals surface area contributed by atoms with Crippen molar-refractivity contribution < 1.29 is 10.2 Å². The Balaban J connectivity index is 1.58. The van der Waals surface area contributed by atoms with Gasteiger partial charge in [0.15, 0.2) is 0 Å². The van der Waals surface area contributed by atoms with E-state index in [1.165, 1.54) is 38.5 Å². The van der Waals surface area contributed by atoms with Gasteiger partial charge in [0.1, 0.15) is 0 Å². The van der Waals surface area contributed by atoms with Gasteiger partial charge in [0.2, 0.25) is 0 Å². The molecule has 2 N–H and O–H groups in total. The lowest BCUT2D eigenvalue weighted by Crippen LogP contribution is -2.65. The Kier molecular flexibility index (Phi) is 4.87. The summed E-state index contributed by atoms with van der Waals surface area (Å²) in [6.07, 6.45) is 12.8. The molecule has 0 radical (unpaired) electrons. The van der Waals surface area contributed by atoms with Crippen LogP contribution in [0.2, 0.25) is 0 Å². The Hall–Kier alpha value is -0.340. The predicted octanol–water partition coefficient (Wildman–Crippen LogP) is 7.14. The predicted molar refractivity (Wildman–Crippen MR) is 132 cm³/mol. The Morgan fingerprint density at radius 2 is 1.41 bits per heavy atom. The molecular weight excluding hydrogens is 392 g/mol. The number of rotatable bonds is 0. The van der Waals surface area contributed by atoms with Crippen molar-refractivity contribution in [3.8, 4) is 0 Å². The fraction of sp³-hybridized carbons (Fsp3) is 0.933. The lowest BCUT2D eigenvalue weighted by atomic mass is 9.33. The molecule has 0 aromatic heterocycles. The van der Waals surface area contributed by atoms with Crippen LogP contribution in [0.25, 0.3) is 0 Å². The summed E-state index contributed by atoms with van der Waals surface area (Å²) in [4.78, 5) is 0. The standard InChI is InChI=1S/C30H50O2/c1-25(2)17-20-19-9-10-22-28(6)13-12-23(31)26(3,4)21(28)11-14-30(22,8)29(19,7)16-15-27(20,5)24(32)18-25/h9,20-24,31-32H,10-18H2,1-8H3/t20-,21+,22-,23-,24+,27+,28-,29+,30+/m0/s1. The molecule has 0 aromatic carbocycles. The van der Waals surface area contributed by atoms with Crippen LogP contribution >= 0.6 is 0 Å². The molecule has 4 fully saturated rings. The first-order valence-corrected chi connectivity index (χ1v) is 13.7. The molecule has 0 bridgehead atoms. The van der Waals surface area contributed by atoms with Crippen molar-refractivity contribution >= 4 is 0 Å². The molecule has 0 aliphatic heterocycles. The third-order valence-electron chi connectivity index (χ3n) is 13.1. The van der Waals surface area contributed by atoms with Crippen molar-refractivity contribution in [2.45, 2.75) is 125 Å². The summed E-state index contributed by atoms with van der Waals surface area (Å²) < 4.78 is 0. The van der Waals surface area contributed by atoms with Crippen LogP contribution in [0, 0.1) is 50.2 Å². The third-order valence-corrected chi connectivity index (χ3v) is 13.1. The Morgan fingerprint density at radius 1 is 0.719 bits per heavy atom. The molecule has 0 amide bonds. The van der Waals surface area contributed by atoms with Gasteiger partial charge in [0.05, 0.1) is 12.2 Å². The molecule has 5 rings (SSSR count). The van der Waals surface area contributed by atoms with Crippen LogP contribution in [0.3, 0.4) is 0 Å². The first-order valence-electron chi connectivity index (χ1n) is 13.7. The molecule has 0 aromatic rings. The summed E-state index contributed by atoms with van der Waals surface area (Å²) in [7, 11) is 0. The largest absolute Gasteiger partial charge is 0.393 e. The van der Waals surface area contributed by atoms with Crippen LogP contribution < -0.4 is 0 Å². The van der Waals surface area contributed by atoms with E-state index in [-0.39, 0.29) is 33.9 Å². The average Bonchev–Trinajstić information content (AvgIpc) is 2.67. The Labute approximate surface area is 197 Å². The lowest BCUT2D eigenvalue weighted by Gasteiger charge is -2.71. The lowest BCUT2D eigenvalue weighted by molar-refractivity contribution is -0.207. The quantitative estimate of drug-likeness (QED) is 0.391. The van der Waals surface area contributed by atoms with E-state index in [9.17, 15) is 10.2 Å². The molecule has 0 saturated heterocycles. The fourth-order valence-corrected chi connectivity index (χ4v) is 10.7. The zero-order valence-corrected chi connectivity index (χ0v) is 22.2. The fourth-order valence-electron chi connectivity index (χ4n) is 10.7. The molecule has 32 heavy (non-hydrogen) atoms. The van der Waals surface area contributed by atoms with E-state index in [1.54, 1.807) is 5.57 Å². The van der Waals surface area contributed by atoms with Crippen molar-refractivity contribution in [2.75, 3.05) is 0 Å². The molecule has 0 heterocycles. The van der Waals surface area contributed by atoms with Crippen molar-refractivity contribution in [1.29, 1.82) is 0 Å². The SMILES string of the molecule is CC1(C)C[C@@H](O)[C@]2(C)CC[C@]3(C)C(=CC[C@H]4[C@@]5(C)CC[C@H](O)C(C)(C)[C@H]5CC[C@]43C)[C@@H]2C1. The molecule has 2 heteroatoms. The van der Waals surface area contributed by atoms with Crippen LogP contribution in [0.1, 0.15) is 113 Å². The Morgan fingerprint density at radius 3 is 2.09 bits per heavy atom. The number of hydrogen-bond acceptors (Lipinski definition) is 2.